The number of nitrogens with zero attached hydrogens (tertiary/aromatic N) is 1. The number of pyridine rings is 1. The van der Waals surface area contributed by atoms with E-state index in [1.165, 1.54) is 0 Å². The minimum atomic E-state index is 0.205. The largest absolute Gasteiger partial charge is 0.327 e. The molecule has 0 amide bonds. The quantitative estimate of drug-likeness (QED) is 0.819. The van der Waals surface area contributed by atoms with Crippen LogP contribution in [0.2, 0.25) is 0 Å². The van der Waals surface area contributed by atoms with Crippen LogP contribution in [0.1, 0.15) is 25.5 Å². The lowest BCUT2D eigenvalue weighted by Gasteiger charge is -2.03. The highest BCUT2D eigenvalue weighted by Crippen LogP contribution is 2.57. The molecule has 70 valence electrons. The summed E-state index contributed by atoms with van der Waals surface area (Å²) in [6.07, 6.45) is 1.82. The Labute approximate surface area is 86.7 Å². The summed E-state index contributed by atoms with van der Waals surface area (Å²) in [6, 6.07) is 4.19. The van der Waals surface area contributed by atoms with E-state index in [0.717, 1.165) is 10.2 Å². The van der Waals surface area contributed by atoms with Crippen LogP contribution in [0.25, 0.3) is 0 Å². The van der Waals surface area contributed by atoms with E-state index in [0.29, 0.717) is 5.92 Å². The highest BCUT2D eigenvalue weighted by atomic mass is 79.9. The van der Waals surface area contributed by atoms with Crippen LogP contribution in [-0.2, 0) is 0 Å². The van der Waals surface area contributed by atoms with Gasteiger partial charge in [-0.25, -0.2) is 0 Å². The van der Waals surface area contributed by atoms with E-state index < -0.39 is 0 Å². The number of hydrogen-bond acceptors (Lipinski definition) is 2. The van der Waals surface area contributed by atoms with Gasteiger partial charge in [0, 0.05) is 22.6 Å². The molecule has 0 saturated heterocycles. The lowest BCUT2D eigenvalue weighted by molar-refractivity contribution is 0.595. The van der Waals surface area contributed by atoms with Gasteiger partial charge in [-0.15, -0.1) is 0 Å². The van der Waals surface area contributed by atoms with Crippen LogP contribution < -0.4 is 5.73 Å². The van der Waals surface area contributed by atoms with Crippen molar-refractivity contribution in [3.63, 3.8) is 0 Å². The summed E-state index contributed by atoms with van der Waals surface area (Å²) in [7, 11) is 0. The number of rotatable bonds is 1. The van der Waals surface area contributed by atoms with Crippen molar-refractivity contribution < 1.29 is 0 Å². The fraction of sp³-hybridized carbons (Fsp3) is 0.500. The molecule has 1 aromatic rings. The standard InChI is InChI=1S/C10H13BrN2/c1-10(2)7(9(10)12)8-6(11)4-3-5-13-8/h3-5,7,9H,12H2,1-2H3. The predicted octanol–water partition coefficient (Wildman–Crippen LogP) is 2.29. The number of hydrogen-bond donors (Lipinski definition) is 1. The third-order valence-electron chi connectivity index (χ3n) is 2.99. The number of aromatic nitrogens is 1. The van der Waals surface area contributed by atoms with Crippen molar-refractivity contribution in [2.45, 2.75) is 25.8 Å². The van der Waals surface area contributed by atoms with Crippen molar-refractivity contribution in [1.29, 1.82) is 0 Å². The van der Waals surface area contributed by atoms with Crippen molar-refractivity contribution in [3.05, 3.63) is 28.5 Å². The van der Waals surface area contributed by atoms with E-state index in [-0.39, 0.29) is 11.5 Å². The second-order valence-electron chi connectivity index (χ2n) is 4.20. The summed E-state index contributed by atoms with van der Waals surface area (Å²) in [5.41, 5.74) is 7.29. The smallest absolute Gasteiger partial charge is 0.0597 e. The molecule has 1 fully saturated rings. The molecule has 2 nitrogen and oxygen atoms in total. The molecule has 1 aliphatic carbocycles. The lowest BCUT2D eigenvalue weighted by Crippen LogP contribution is -2.06. The van der Waals surface area contributed by atoms with Gasteiger partial charge < -0.3 is 5.73 Å². The first-order valence-corrected chi connectivity index (χ1v) is 5.20. The Kier molecular flexibility index (Phi) is 1.96. The van der Waals surface area contributed by atoms with Crippen LogP contribution >= 0.6 is 15.9 Å². The van der Waals surface area contributed by atoms with Crippen molar-refractivity contribution in [2.75, 3.05) is 0 Å². The van der Waals surface area contributed by atoms with Gasteiger partial charge in [-0.1, -0.05) is 13.8 Å². The van der Waals surface area contributed by atoms with Crippen molar-refractivity contribution in [3.8, 4) is 0 Å². The van der Waals surface area contributed by atoms with Crippen molar-refractivity contribution in [1.82, 2.24) is 4.98 Å². The van der Waals surface area contributed by atoms with E-state index in [2.05, 4.69) is 34.8 Å². The lowest BCUT2D eigenvalue weighted by atomic mass is 10.1. The van der Waals surface area contributed by atoms with Gasteiger partial charge in [0.1, 0.15) is 0 Å². The van der Waals surface area contributed by atoms with E-state index in [1.807, 2.05) is 18.3 Å². The zero-order valence-corrected chi connectivity index (χ0v) is 9.38. The monoisotopic (exact) mass is 240 g/mol. The Hall–Kier alpha value is -0.410. The molecule has 1 aliphatic rings. The molecule has 0 aliphatic heterocycles. The molecule has 2 rings (SSSR count). The molecule has 1 saturated carbocycles. The summed E-state index contributed by atoms with van der Waals surface area (Å²) in [5.74, 6) is 0.406. The Morgan fingerprint density at radius 3 is 2.62 bits per heavy atom. The molecule has 2 N–H and O–H groups in total. The molecular weight excluding hydrogens is 228 g/mol. The molecule has 13 heavy (non-hydrogen) atoms. The first-order chi connectivity index (χ1) is 6.05. The molecule has 0 bridgehead atoms. The minimum Gasteiger partial charge on any atom is -0.327 e. The predicted molar refractivity (Wildman–Crippen MR) is 56.4 cm³/mol. The third kappa shape index (κ3) is 1.30. The maximum atomic E-state index is 5.98. The zero-order chi connectivity index (χ0) is 9.64. The van der Waals surface area contributed by atoms with Crippen LogP contribution in [-0.4, -0.2) is 11.0 Å². The van der Waals surface area contributed by atoms with E-state index in [9.17, 15) is 0 Å². The molecule has 1 heterocycles. The van der Waals surface area contributed by atoms with Crippen LogP contribution in [0.15, 0.2) is 22.8 Å². The van der Waals surface area contributed by atoms with Gasteiger partial charge in [-0.05, 0) is 33.5 Å². The maximum Gasteiger partial charge on any atom is 0.0597 e. The fourth-order valence-corrected chi connectivity index (χ4v) is 2.33. The van der Waals surface area contributed by atoms with Gasteiger partial charge >= 0.3 is 0 Å². The van der Waals surface area contributed by atoms with Gasteiger partial charge in [0.15, 0.2) is 0 Å². The number of nitrogens with two attached hydrogens (primary N) is 1. The Bertz CT molecular complexity index is 335. The minimum absolute atomic E-state index is 0.205. The second kappa shape index (κ2) is 2.79. The van der Waals surface area contributed by atoms with Crippen LogP contribution in [0.4, 0.5) is 0 Å². The van der Waals surface area contributed by atoms with E-state index >= 15 is 0 Å². The van der Waals surface area contributed by atoms with Crippen LogP contribution in [0.5, 0.6) is 0 Å². The van der Waals surface area contributed by atoms with Crippen LogP contribution in [0.3, 0.4) is 0 Å². The van der Waals surface area contributed by atoms with Gasteiger partial charge in [-0.2, -0.15) is 0 Å². The van der Waals surface area contributed by atoms with Crippen molar-refractivity contribution in [2.24, 2.45) is 11.1 Å². The number of halogens is 1. The van der Waals surface area contributed by atoms with Crippen LogP contribution in [0, 0.1) is 5.41 Å². The molecule has 3 heteroatoms. The molecule has 0 spiro atoms. The Morgan fingerprint density at radius 2 is 2.15 bits per heavy atom. The summed E-state index contributed by atoms with van der Waals surface area (Å²) >= 11 is 3.50. The SMILES string of the molecule is CC1(C)C(N)C1c1ncccc1Br. The molecule has 0 radical (unpaired) electrons. The fourth-order valence-electron chi connectivity index (χ4n) is 1.83. The molecule has 2 atom stereocenters. The summed E-state index contributed by atoms with van der Waals surface area (Å²) in [4.78, 5) is 4.36. The van der Waals surface area contributed by atoms with E-state index in [1.54, 1.807) is 0 Å². The van der Waals surface area contributed by atoms with Gasteiger partial charge in [-0.3, -0.25) is 4.98 Å². The maximum absolute atomic E-state index is 5.98. The van der Waals surface area contributed by atoms with Crippen molar-refractivity contribution >= 4 is 15.9 Å². The van der Waals surface area contributed by atoms with Gasteiger partial charge in [0.05, 0.1) is 5.69 Å². The molecule has 1 aromatic heterocycles. The van der Waals surface area contributed by atoms with E-state index in [4.69, 9.17) is 5.73 Å². The second-order valence-corrected chi connectivity index (χ2v) is 5.05. The normalized spacial score (nSPS) is 30.2. The summed E-state index contributed by atoms with van der Waals surface area (Å²) in [6.45, 7) is 4.37. The van der Waals surface area contributed by atoms with Gasteiger partial charge in [0.25, 0.3) is 0 Å². The first-order valence-electron chi connectivity index (χ1n) is 4.41. The zero-order valence-electron chi connectivity index (χ0n) is 7.79. The average Bonchev–Trinajstić information content (AvgIpc) is 2.54. The molecule has 0 aromatic carbocycles. The molecule has 2 unspecified atom stereocenters. The first kappa shape index (κ1) is 9.16. The Balaban J connectivity index is 2.34. The average molecular weight is 241 g/mol. The summed E-state index contributed by atoms with van der Waals surface area (Å²) in [5, 5.41) is 0. The van der Waals surface area contributed by atoms with Gasteiger partial charge in [0.2, 0.25) is 0 Å². The topological polar surface area (TPSA) is 38.9 Å². The summed E-state index contributed by atoms with van der Waals surface area (Å²) < 4.78 is 1.07. The molecular formula is C10H13BrN2. The highest BCUT2D eigenvalue weighted by molar-refractivity contribution is 9.10. The highest BCUT2D eigenvalue weighted by Gasteiger charge is 2.57. The Morgan fingerprint density at radius 1 is 1.54 bits per heavy atom. The third-order valence-corrected chi connectivity index (χ3v) is 3.66.